The minimum Gasteiger partial charge on any atom is -0.389 e. The zero-order valence-electron chi connectivity index (χ0n) is 12.4. The first-order valence-electron chi connectivity index (χ1n) is 6.45. The molecule has 0 radical (unpaired) electrons. The molecular weight excluding hydrogens is 278 g/mol. The standard InChI is InChI=1S/C14H23NO4S/c1-11-7-12(2)9-13(8-11)20(17,18)15-10-14(3,16)5-6-19-4/h7-9,15-16H,5-6,10H2,1-4H3. The molecule has 0 bridgehead atoms. The summed E-state index contributed by atoms with van der Waals surface area (Å²) in [5.41, 5.74) is 0.634. The van der Waals surface area contributed by atoms with E-state index in [2.05, 4.69) is 4.72 Å². The molecule has 1 rings (SSSR count). The summed E-state index contributed by atoms with van der Waals surface area (Å²) < 4.78 is 31.7. The van der Waals surface area contributed by atoms with Crippen molar-refractivity contribution in [3.63, 3.8) is 0 Å². The van der Waals surface area contributed by atoms with Crippen molar-refractivity contribution in [3.05, 3.63) is 29.3 Å². The second kappa shape index (κ2) is 6.67. The van der Waals surface area contributed by atoms with Gasteiger partial charge < -0.3 is 9.84 Å². The number of ether oxygens (including phenoxy) is 1. The summed E-state index contributed by atoms with van der Waals surface area (Å²) in [6.45, 7) is 5.60. The Morgan fingerprint density at radius 3 is 2.30 bits per heavy atom. The van der Waals surface area contributed by atoms with Gasteiger partial charge in [-0.2, -0.15) is 0 Å². The van der Waals surface area contributed by atoms with Crippen LogP contribution in [0.4, 0.5) is 0 Å². The van der Waals surface area contributed by atoms with E-state index in [0.29, 0.717) is 13.0 Å². The molecule has 5 nitrogen and oxygen atoms in total. The lowest BCUT2D eigenvalue weighted by atomic mass is 10.0. The number of sulfonamides is 1. The molecule has 114 valence electrons. The highest BCUT2D eigenvalue weighted by atomic mass is 32.2. The Morgan fingerprint density at radius 2 is 1.80 bits per heavy atom. The van der Waals surface area contributed by atoms with Crippen LogP contribution in [0.2, 0.25) is 0 Å². The maximum absolute atomic E-state index is 12.2. The molecule has 0 fully saturated rings. The Bertz CT molecular complexity index is 532. The quantitative estimate of drug-likeness (QED) is 0.797. The molecule has 0 aliphatic rings. The van der Waals surface area contributed by atoms with Crippen LogP contribution in [-0.2, 0) is 14.8 Å². The van der Waals surface area contributed by atoms with Crippen LogP contribution in [0, 0.1) is 13.8 Å². The molecule has 0 spiro atoms. The highest BCUT2D eigenvalue weighted by Gasteiger charge is 2.24. The lowest BCUT2D eigenvalue weighted by Crippen LogP contribution is -2.41. The third-order valence-corrected chi connectivity index (χ3v) is 4.37. The largest absolute Gasteiger partial charge is 0.389 e. The second-order valence-electron chi connectivity index (χ2n) is 5.39. The number of hydrogen-bond acceptors (Lipinski definition) is 4. The van der Waals surface area contributed by atoms with Crippen molar-refractivity contribution in [2.75, 3.05) is 20.3 Å². The van der Waals surface area contributed by atoms with E-state index >= 15 is 0 Å². The van der Waals surface area contributed by atoms with Crippen LogP contribution in [0.3, 0.4) is 0 Å². The van der Waals surface area contributed by atoms with E-state index in [1.807, 2.05) is 19.9 Å². The van der Waals surface area contributed by atoms with Gasteiger partial charge in [-0.15, -0.1) is 0 Å². The second-order valence-corrected chi connectivity index (χ2v) is 7.15. The van der Waals surface area contributed by atoms with Gasteiger partial charge in [0.1, 0.15) is 0 Å². The first-order chi connectivity index (χ1) is 9.16. The van der Waals surface area contributed by atoms with Crippen molar-refractivity contribution in [2.24, 2.45) is 0 Å². The molecule has 0 saturated carbocycles. The molecule has 1 atom stereocenters. The van der Waals surface area contributed by atoms with Crippen molar-refractivity contribution in [2.45, 2.75) is 37.7 Å². The fourth-order valence-corrected chi connectivity index (χ4v) is 3.18. The van der Waals surface area contributed by atoms with Gasteiger partial charge in [0.05, 0.1) is 10.5 Å². The fourth-order valence-electron chi connectivity index (χ4n) is 1.83. The van der Waals surface area contributed by atoms with Crippen LogP contribution in [0.15, 0.2) is 23.1 Å². The molecule has 0 saturated heterocycles. The van der Waals surface area contributed by atoms with Crippen molar-refractivity contribution in [1.29, 1.82) is 0 Å². The van der Waals surface area contributed by atoms with Crippen molar-refractivity contribution >= 4 is 10.0 Å². The van der Waals surface area contributed by atoms with Gasteiger partial charge in [0.25, 0.3) is 0 Å². The van der Waals surface area contributed by atoms with E-state index < -0.39 is 15.6 Å². The normalized spacial score (nSPS) is 15.1. The molecule has 20 heavy (non-hydrogen) atoms. The first-order valence-corrected chi connectivity index (χ1v) is 7.94. The van der Waals surface area contributed by atoms with Crippen LogP contribution in [0.5, 0.6) is 0 Å². The zero-order chi connectivity index (χ0) is 15.4. The minimum absolute atomic E-state index is 0.0499. The van der Waals surface area contributed by atoms with E-state index in [1.165, 1.54) is 7.11 Å². The smallest absolute Gasteiger partial charge is 0.240 e. The number of nitrogens with one attached hydrogen (secondary N) is 1. The minimum atomic E-state index is -3.61. The van der Waals surface area contributed by atoms with Crippen LogP contribution < -0.4 is 4.72 Å². The SMILES string of the molecule is COCCC(C)(O)CNS(=O)(=O)c1cc(C)cc(C)c1. The molecule has 0 aliphatic carbocycles. The third kappa shape index (κ3) is 5.20. The summed E-state index contributed by atoms with van der Waals surface area (Å²) in [5, 5.41) is 10.1. The van der Waals surface area contributed by atoms with Crippen molar-refractivity contribution in [3.8, 4) is 0 Å². The summed E-state index contributed by atoms with van der Waals surface area (Å²) in [5.74, 6) is 0. The maximum atomic E-state index is 12.2. The molecule has 0 amide bonds. The van der Waals surface area contributed by atoms with E-state index in [9.17, 15) is 13.5 Å². The predicted molar refractivity (Wildman–Crippen MR) is 78.2 cm³/mol. The molecule has 2 N–H and O–H groups in total. The van der Waals surface area contributed by atoms with Crippen molar-refractivity contribution < 1.29 is 18.3 Å². The van der Waals surface area contributed by atoms with Gasteiger partial charge in [0.2, 0.25) is 10.0 Å². The number of rotatable bonds is 7. The molecule has 1 unspecified atom stereocenters. The van der Waals surface area contributed by atoms with Crippen LogP contribution >= 0.6 is 0 Å². The summed E-state index contributed by atoms with van der Waals surface area (Å²) in [6.07, 6.45) is 0.360. The van der Waals surface area contributed by atoms with Gasteiger partial charge in [0.15, 0.2) is 0 Å². The van der Waals surface area contributed by atoms with Crippen molar-refractivity contribution in [1.82, 2.24) is 4.72 Å². The molecular formula is C14H23NO4S. The fraction of sp³-hybridized carbons (Fsp3) is 0.571. The molecule has 0 aliphatic heterocycles. The zero-order valence-corrected chi connectivity index (χ0v) is 13.3. The van der Waals surface area contributed by atoms with Crippen LogP contribution in [0.25, 0.3) is 0 Å². The van der Waals surface area contributed by atoms with Gasteiger partial charge in [-0.1, -0.05) is 6.07 Å². The topological polar surface area (TPSA) is 75.6 Å². The summed E-state index contributed by atoms with van der Waals surface area (Å²) >= 11 is 0. The number of methoxy groups -OCH3 is 1. The van der Waals surface area contributed by atoms with Crippen LogP contribution in [0.1, 0.15) is 24.5 Å². The number of aryl methyl sites for hydroxylation is 2. The molecule has 0 heterocycles. The van der Waals surface area contributed by atoms with E-state index in [-0.39, 0.29) is 11.4 Å². The molecule has 1 aromatic rings. The Morgan fingerprint density at radius 1 is 1.25 bits per heavy atom. The third-order valence-electron chi connectivity index (χ3n) is 2.99. The molecule has 0 aromatic heterocycles. The Balaban J connectivity index is 2.80. The summed E-state index contributed by atoms with van der Waals surface area (Å²) in [7, 11) is -2.08. The highest BCUT2D eigenvalue weighted by Crippen LogP contribution is 2.15. The monoisotopic (exact) mass is 301 g/mol. The Labute approximate surface area is 121 Å². The summed E-state index contributed by atoms with van der Waals surface area (Å²) in [4.78, 5) is 0.220. The van der Waals surface area contributed by atoms with E-state index in [1.54, 1.807) is 19.1 Å². The predicted octanol–water partition coefficient (Wildman–Crippen LogP) is 1.37. The highest BCUT2D eigenvalue weighted by molar-refractivity contribution is 7.89. The van der Waals surface area contributed by atoms with Gasteiger partial charge in [-0.05, 0) is 44.0 Å². The number of aliphatic hydroxyl groups is 1. The van der Waals surface area contributed by atoms with Gasteiger partial charge in [-0.25, -0.2) is 13.1 Å². The lowest BCUT2D eigenvalue weighted by molar-refractivity contribution is 0.0292. The van der Waals surface area contributed by atoms with Crippen LogP contribution in [-0.4, -0.2) is 39.4 Å². The lowest BCUT2D eigenvalue weighted by Gasteiger charge is -2.23. The maximum Gasteiger partial charge on any atom is 0.240 e. The molecule has 6 heteroatoms. The Kier molecular flexibility index (Phi) is 5.70. The van der Waals surface area contributed by atoms with Gasteiger partial charge in [0, 0.05) is 26.7 Å². The number of hydrogen-bond donors (Lipinski definition) is 2. The van der Waals surface area contributed by atoms with Gasteiger partial charge in [-0.3, -0.25) is 0 Å². The summed E-state index contributed by atoms with van der Waals surface area (Å²) in [6, 6.07) is 5.13. The van der Waals surface area contributed by atoms with E-state index in [0.717, 1.165) is 11.1 Å². The Hall–Kier alpha value is -0.950. The van der Waals surface area contributed by atoms with Gasteiger partial charge >= 0.3 is 0 Å². The number of benzene rings is 1. The average molecular weight is 301 g/mol. The van der Waals surface area contributed by atoms with E-state index in [4.69, 9.17) is 4.74 Å². The molecule has 1 aromatic carbocycles. The first kappa shape index (κ1) is 17.1. The average Bonchev–Trinajstić information content (AvgIpc) is 2.33.